The number of halogens is 1. The molecule has 20 heavy (non-hydrogen) atoms. The van der Waals surface area contributed by atoms with E-state index >= 15 is 0 Å². The van der Waals surface area contributed by atoms with E-state index in [0.717, 1.165) is 9.92 Å². The third-order valence-electron chi connectivity index (χ3n) is 3.08. The minimum absolute atomic E-state index is 0.0448. The van der Waals surface area contributed by atoms with E-state index in [2.05, 4.69) is 15.5 Å². The van der Waals surface area contributed by atoms with Gasteiger partial charge in [0.15, 0.2) is 5.82 Å². The lowest BCUT2D eigenvalue weighted by molar-refractivity contribution is 0.191. The Morgan fingerprint density at radius 1 is 1.45 bits per heavy atom. The van der Waals surface area contributed by atoms with Crippen molar-refractivity contribution in [2.24, 2.45) is 0 Å². The summed E-state index contributed by atoms with van der Waals surface area (Å²) in [6.07, 6.45) is 0.270. The zero-order valence-electron chi connectivity index (χ0n) is 10.6. The van der Waals surface area contributed by atoms with Crippen LogP contribution in [0.1, 0.15) is 24.2 Å². The monoisotopic (exact) mass is 311 g/mol. The minimum atomic E-state index is -0.340. The molecule has 1 fully saturated rings. The summed E-state index contributed by atoms with van der Waals surface area (Å²) in [6.45, 7) is 0.566. The molecule has 2 aromatic rings. The molecule has 1 saturated heterocycles. The molecule has 0 radical (unpaired) electrons. The molecule has 5 nitrogen and oxygen atoms in total. The number of rotatable bonds is 4. The second-order valence-electron chi connectivity index (χ2n) is 4.62. The van der Waals surface area contributed by atoms with Crippen LogP contribution in [0.3, 0.4) is 0 Å². The maximum absolute atomic E-state index is 9.48. The van der Waals surface area contributed by atoms with Crippen molar-refractivity contribution in [3.63, 3.8) is 0 Å². The Labute approximate surface area is 125 Å². The van der Waals surface area contributed by atoms with Gasteiger partial charge in [-0.25, -0.2) is 0 Å². The van der Waals surface area contributed by atoms with Gasteiger partial charge in [-0.3, -0.25) is 0 Å². The summed E-state index contributed by atoms with van der Waals surface area (Å²) in [6, 6.07) is 7.62. The van der Waals surface area contributed by atoms with Gasteiger partial charge in [-0.2, -0.15) is 4.98 Å². The van der Waals surface area contributed by atoms with E-state index < -0.39 is 0 Å². The second kappa shape index (κ2) is 6.13. The normalized spacial score (nSPS) is 22.3. The molecule has 0 bridgehead atoms. The fourth-order valence-corrected chi connectivity index (χ4v) is 3.16. The van der Waals surface area contributed by atoms with Crippen LogP contribution in [0.4, 0.5) is 0 Å². The molecule has 1 aliphatic rings. The van der Waals surface area contributed by atoms with Crippen molar-refractivity contribution in [2.75, 3.05) is 6.54 Å². The first-order valence-corrected chi connectivity index (χ1v) is 7.70. The first-order chi connectivity index (χ1) is 9.72. The van der Waals surface area contributed by atoms with Crippen LogP contribution in [0.5, 0.6) is 0 Å². The average Bonchev–Trinajstić information content (AvgIpc) is 3.06. The van der Waals surface area contributed by atoms with Crippen molar-refractivity contribution >= 4 is 23.4 Å². The Morgan fingerprint density at radius 3 is 3.05 bits per heavy atom. The third-order valence-corrected chi connectivity index (χ3v) is 4.59. The summed E-state index contributed by atoms with van der Waals surface area (Å²) in [5.41, 5.74) is 0. The van der Waals surface area contributed by atoms with Crippen molar-refractivity contribution in [3.8, 4) is 0 Å². The fourth-order valence-electron chi connectivity index (χ4n) is 2.08. The molecular formula is C13H14ClN3O2S. The number of hydrogen-bond acceptors (Lipinski definition) is 6. The largest absolute Gasteiger partial charge is 0.392 e. The Balaban J connectivity index is 1.62. The highest BCUT2D eigenvalue weighted by Gasteiger charge is 2.28. The molecule has 0 unspecified atom stereocenters. The molecule has 1 aromatic carbocycles. The molecule has 0 amide bonds. The Bertz CT molecular complexity index is 593. The molecule has 1 aromatic heterocycles. The van der Waals surface area contributed by atoms with Crippen LogP contribution in [0.25, 0.3) is 0 Å². The lowest BCUT2D eigenvalue weighted by Crippen LogP contribution is -2.15. The van der Waals surface area contributed by atoms with E-state index in [-0.39, 0.29) is 12.1 Å². The number of nitrogens with one attached hydrogen (secondary N) is 1. The number of hydrogen-bond donors (Lipinski definition) is 2. The van der Waals surface area contributed by atoms with Crippen LogP contribution < -0.4 is 5.32 Å². The number of aromatic nitrogens is 2. The van der Waals surface area contributed by atoms with E-state index in [1.54, 1.807) is 11.8 Å². The highest BCUT2D eigenvalue weighted by atomic mass is 35.5. The molecule has 106 valence electrons. The third kappa shape index (κ3) is 3.15. The van der Waals surface area contributed by atoms with Crippen LogP contribution in [0.2, 0.25) is 5.02 Å². The van der Waals surface area contributed by atoms with Crippen molar-refractivity contribution < 1.29 is 9.63 Å². The molecule has 7 heteroatoms. The maximum atomic E-state index is 9.48. The van der Waals surface area contributed by atoms with Gasteiger partial charge in [-0.05, 0) is 18.6 Å². The lowest BCUT2D eigenvalue weighted by atomic mass is 10.2. The van der Waals surface area contributed by atoms with Crippen molar-refractivity contribution in [3.05, 3.63) is 41.0 Å². The summed E-state index contributed by atoms with van der Waals surface area (Å²) in [5.74, 6) is 1.77. The SMILES string of the molecule is O[C@@H]1CN[C@@H](c2nc(CSc3ccccc3Cl)no2)C1. The van der Waals surface area contributed by atoms with Crippen molar-refractivity contribution in [1.82, 2.24) is 15.5 Å². The number of aliphatic hydroxyl groups is 1. The topological polar surface area (TPSA) is 71.2 Å². The quantitative estimate of drug-likeness (QED) is 0.845. The van der Waals surface area contributed by atoms with Gasteiger partial charge in [-0.15, -0.1) is 11.8 Å². The smallest absolute Gasteiger partial charge is 0.243 e. The standard InChI is InChI=1S/C13H14ClN3O2S/c14-9-3-1-2-4-11(9)20-7-12-16-13(19-17-12)10-5-8(18)6-15-10/h1-4,8,10,15,18H,5-7H2/t8-,10+/m0/s1. The summed E-state index contributed by atoms with van der Waals surface area (Å²) in [5, 5.41) is 17.3. The fraction of sp³-hybridized carbons (Fsp3) is 0.385. The molecule has 2 atom stereocenters. The summed E-state index contributed by atoms with van der Waals surface area (Å²) < 4.78 is 5.23. The summed E-state index contributed by atoms with van der Waals surface area (Å²) in [4.78, 5) is 5.35. The molecule has 0 spiro atoms. The summed E-state index contributed by atoms with van der Waals surface area (Å²) >= 11 is 7.66. The van der Waals surface area contributed by atoms with Crippen LogP contribution in [0, 0.1) is 0 Å². The summed E-state index contributed by atoms with van der Waals surface area (Å²) in [7, 11) is 0. The predicted octanol–water partition coefficient (Wildman–Crippen LogP) is 2.41. The highest BCUT2D eigenvalue weighted by Crippen LogP contribution is 2.29. The first kappa shape index (κ1) is 13.9. The first-order valence-electron chi connectivity index (χ1n) is 6.33. The van der Waals surface area contributed by atoms with Gasteiger partial charge in [-0.1, -0.05) is 28.9 Å². The number of nitrogens with zero attached hydrogens (tertiary/aromatic N) is 2. The van der Waals surface area contributed by atoms with Gasteiger partial charge in [0, 0.05) is 11.4 Å². The molecule has 2 N–H and O–H groups in total. The molecule has 1 aliphatic heterocycles. The van der Waals surface area contributed by atoms with Gasteiger partial charge >= 0.3 is 0 Å². The molecule has 0 aliphatic carbocycles. The van der Waals surface area contributed by atoms with E-state index in [0.29, 0.717) is 30.4 Å². The van der Waals surface area contributed by atoms with Crippen molar-refractivity contribution in [1.29, 1.82) is 0 Å². The average molecular weight is 312 g/mol. The van der Waals surface area contributed by atoms with E-state index in [1.807, 2.05) is 24.3 Å². The van der Waals surface area contributed by atoms with Gasteiger partial charge in [0.05, 0.1) is 22.9 Å². The molecule has 2 heterocycles. The molecule has 3 rings (SSSR count). The zero-order chi connectivity index (χ0) is 13.9. The lowest BCUT2D eigenvalue weighted by Gasteiger charge is -2.02. The molecule has 0 saturated carbocycles. The van der Waals surface area contributed by atoms with Gasteiger partial charge in [0.2, 0.25) is 5.89 Å². The van der Waals surface area contributed by atoms with Gasteiger partial charge in [0.25, 0.3) is 0 Å². The van der Waals surface area contributed by atoms with Crippen molar-refractivity contribution in [2.45, 2.75) is 29.2 Å². The Hall–Kier alpha value is -1.08. The van der Waals surface area contributed by atoms with E-state index in [1.165, 1.54) is 0 Å². The number of benzene rings is 1. The van der Waals surface area contributed by atoms with Crippen LogP contribution in [0.15, 0.2) is 33.7 Å². The Kier molecular flexibility index (Phi) is 4.26. The Morgan fingerprint density at radius 2 is 2.30 bits per heavy atom. The molecular weight excluding hydrogens is 298 g/mol. The van der Waals surface area contributed by atoms with Gasteiger partial charge < -0.3 is 14.9 Å². The van der Waals surface area contributed by atoms with Gasteiger partial charge in [0.1, 0.15) is 0 Å². The number of aliphatic hydroxyl groups excluding tert-OH is 1. The van der Waals surface area contributed by atoms with E-state index in [4.69, 9.17) is 16.1 Å². The number of β-amino-alcohol motifs (C(OH)–C–C–N with tert-alkyl or cyclic N) is 1. The van der Waals surface area contributed by atoms with Crippen LogP contribution >= 0.6 is 23.4 Å². The van der Waals surface area contributed by atoms with Crippen LogP contribution in [-0.4, -0.2) is 27.9 Å². The zero-order valence-corrected chi connectivity index (χ0v) is 12.2. The maximum Gasteiger partial charge on any atom is 0.243 e. The second-order valence-corrected chi connectivity index (χ2v) is 6.04. The highest BCUT2D eigenvalue weighted by molar-refractivity contribution is 7.98. The van der Waals surface area contributed by atoms with Crippen LogP contribution in [-0.2, 0) is 5.75 Å². The predicted molar refractivity (Wildman–Crippen MR) is 76.7 cm³/mol. The minimum Gasteiger partial charge on any atom is -0.392 e. The van der Waals surface area contributed by atoms with E-state index in [9.17, 15) is 5.11 Å². The number of thioether (sulfide) groups is 1.